The lowest BCUT2D eigenvalue weighted by molar-refractivity contribution is -0.141. The van der Waals surface area contributed by atoms with Gasteiger partial charge in [-0.05, 0) is 29.8 Å². The Morgan fingerprint density at radius 1 is 1.12 bits per heavy atom. The highest BCUT2D eigenvalue weighted by Gasteiger charge is 2.77. The van der Waals surface area contributed by atoms with Gasteiger partial charge in [0.05, 0.1) is 11.0 Å². The molecule has 1 fully saturated rings. The molecular formula is C17H12FNO4S. The van der Waals surface area contributed by atoms with Gasteiger partial charge in [0.15, 0.2) is 15.3 Å². The van der Waals surface area contributed by atoms with Crippen molar-refractivity contribution in [1.82, 2.24) is 0 Å². The van der Waals surface area contributed by atoms with E-state index in [0.717, 1.165) is 12.1 Å². The lowest BCUT2D eigenvalue weighted by Crippen LogP contribution is -2.22. The summed E-state index contributed by atoms with van der Waals surface area (Å²) in [4.78, 5) is 11.7. The van der Waals surface area contributed by atoms with E-state index in [1.54, 1.807) is 12.1 Å². The van der Waals surface area contributed by atoms with E-state index in [4.69, 9.17) is 0 Å². The molecule has 0 spiro atoms. The summed E-state index contributed by atoms with van der Waals surface area (Å²) in [5, 5.41) is 17.5. The summed E-state index contributed by atoms with van der Waals surface area (Å²) in [6, 6.07) is 13.9. The minimum absolute atomic E-state index is 0.0412. The smallest absolute Gasteiger partial charge is 0.326 e. The van der Waals surface area contributed by atoms with Gasteiger partial charge in [-0.1, -0.05) is 30.3 Å². The molecule has 5 nitrogen and oxygen atoms in total. The number of carboxylic acid groups (broad SMARTS) is 1. The van der Waals surface area contributed by atoms with Crippen molar-refractivity contribution >= 4 is 15.8 Å². The Labute approximate surface area is 137 Å². The zero-order valence-corrected chi connectivity index (χ0v) is 13.1. The minimum Gasteiger partial charge on any atom is -0.480 e. The van der Waals surface area contributed by atoms with Crippen molar-refractivity contribution in [3.8, 4) is 6.07 Å². The Hall–Kier alpha value is -2.72. The number of nitrogens with zero attached hydrogens (tertiary/aromatic N) is 1. The highest BCUT2D eigenvalue weighted by molar-refractivity contribution is 7.92. The van der Waals surface area contributed by atoms with Crippen LogP contribution in [-0.4, -0.2) is 24.7 Å². The predicted molar refractivity (Wildman–Crippen MR) is 82.2 cm³/mol. The largest absolute Gasteiger partial charge is 0.480 e. The number of aliphatic carboxylic acids is 1. The molecule has 3 rings (SSSR count). The van der Waals surface area contributed by atoms with Gasteiger partial charge in [-0.15, -0.1) is 0 Å². The van der Waals surface area contributed by atoms with Gasteiger partial charge in [0, 0.05) is 5.92 Å². The summed E-state index contributed by atoms with van der Waals surface area (Å²) in [5.41, 5.74) is -1.77. The van der Waals surface area contributed by atoms with Gasteiger partial charge in [0.1, 0.15) is 11.1 Å². The number of sulfone groups is 1. The summed E-state index contributed by atoms with van der Waals surface area (Å²) in [6.45, 7) is 0. The fourth-order valence-corrected chi connectivity index (χ4v) is 5.35. The zero-order chi connectivity index (χ0) is 17.5. The Morgan fingerprint density at radius 3 is 2.21 bits per heavy atom. The monoisotopic (exact) mass is 345 g/mol. The molecule has 0 saturated heterocycles. The predicted octanol–water partition coefficient (Wildman–Crippen LogP) is 2.36. The van der Waals surface area contributed by atoms with E-state index in [1.807, 2.05) is 0 Å². The lowest BCUT2D eigenvalue weighted by atomic mass is 10.0. The Kier molecular flexibility index (Phi) is 3.65. The normalized spacial score (nSPS) is 25.7. The number of carbonyl (C=O) groups is 1. The van der Waals surface area contributed by atoms with Crippen LogP contribution in [0.4, 0.5) is 4.39 Å². The summed E-state index contributed by atoms with van der Waals surface area (Å²) in [7, 11) is -4.04. The molecule has 0 radical (unpaired) electrons. The van der Waals surface area contributed by atoms with Crippen molar-refractivity contribution in [3.05, 3.63) is 66.0 Å². The maximum atomic E-state index is 13.1. The third-order valence-electron chi connectivity index (χ3n) is 4.31. The van der Waals surface area contributed by atoms with Crippen LogP contribution in [0, 0.1) is 22.6 Å². The van der Waals surface area contributed by atoms with Crippen molar-refractivity contribution < 1.29 is 22.7 Å². The van der Waals surface area contributed by atoms with Crippen LogP contribution in [0.25, 0.3) is 0 Å². The molecule has 24 heavy (non-hydrogen) atoms. The maximum Gasteiger partial charge on any atom is 0.326 e. The molecule has 1 N–H and O–H groups in total. The molecule has 122 valence electrons. The SMILES string of the molecule is N#C[C@@]1(C(=O)O)[C@H](c2ccc(F)cc2)[C@@H]1S(=O)(=O)c1ccccc1. The van der Waals surface area contributed by atoms with Crippen LogP contribution < -0.4 is 0 Å². The summed E-state index contributed by atoms with van der Waals surface area (Å²) in [5.74, 6) is -3.07. The highest BCUT2D eigenvalue weighted by atomic mass is 32.2. The molecule has 0 amide bonds. The van der Waals surface area contributed by atoms with Crippen LogP contribution in [0.15, 0.2) is 59.5 Å². The van der Waals surface area contributed by atoms with Crippen molar-refractivity contribution in [3.63, 3.8) is 0 Å². The number of hydrogen-bond donors (Lipinski definition) is 1. The average molecular weight is 345 g/mol. The summed E-state index contributed by atoms with van der Waals surface area (Å²) in [6.07, 6.45) is 0. The quantitative estimate of drug-likeness (QED) is 0.918. The standard InChI is InChI=1S/C17H12FNO4S/c18-12-8-6-11(7-9-12)14-15(17(14,10-19)16(20)21)24(22,23)13-4-2-1-3-5-13/h1-9,14-15H,(H,20,21)/t14-,15+,17-/m1/s1. The van der Waals surface area contributed by atoms with Crippen LogP contribution in [0.1, 0.15) is 11.5 Å². The van der Waals surface area contributed by atoms with Crippen molar-refractivity contribution in [2.75, 3.05) is 0 Å². The van der Waals surface area contributed by atoms with Gasteiger partial charge in [0.25, 0.3) is 0 Å². The molecule has 0 unspecified atom stereocenters. The van der Waals surface area contributed by atoms with Crippen LogP contribution in [0.3, 0.4) is 0 Å². The van der Waals surface area contributed by atoms with E-state index in [1.165, 1.54) is 36.4 Å². The molecule has 2 aromatic carbocycles. The van der Waals surface area contributed by atoms with E-state index in [0.29, 0.717) is 5.56 Å². The average Bonchev–Trinajstić information content (AvgIpc) is 3.28. The first-order chi connectivity index (χ1) is 11.4. The fourth-order valence-electron chi connectivity index (χ4n) is 3.08. The minimum atomic E-state index is -4.04. The third-order valence-corrected chi connectivity index (χ3v) is 6.55. The topological polar surface area (TPSA) is 95.2 Å². The molecule has 0 heterocycles. The van der Waals surface area contributed by atoms with Gasteiger partial charge in [0.2, 0.25) is 0 Å². The number of carboxylic acids is 1. The number of halogens is 1. The van der Waals surface area contributed by atoms with E-state index < -0.39 is 38.2 Å². The Balaban J connectivity index is 2.13. The van der Waals surface area contributed by atoms with Gasteiger partial charge >= 0.3 is 5.97 Å². The molecule has 0 bridgehead atoms. The molecule has 1 aliphatic rings. The second-order valence-electron chi connectivity index (χ2n) is 5.59. The van der Waals surface area contributed by atoms with Crippen molar-refractivity contribution in [2.45, 2.75) is 16.1 Å². The zero-order valence-electron chi connectivity index (χ0n) is 12.3. The number of nitriles is 1. The lowest BCUT2D eigenvalue weighted by Gasteiger charge is -2.04. The first kappa shape index (κ1) is 16.1. The van der Waals surface area contributed by atoms with E-state index in [-0.39, 0.29) is 4.90 Å². The molecule has 1 aliphatic carbocycles. The number of hydrogen-bond acceptors (Lipinski definition) is 4. The molecule has 1 saturated carbocycles. The van der Waals surface area contributed by atoms with Gasteiger partial charge < -0.3 is 5.11 Å². The number of rotatable bonds is 4. The number of benzene rings is 2. The third kappa shape index (κ3) is 2.19. The van der Waals surface area contributed by atoms with Crippen molar-refractivity contribution in [2.24, 2.45) is 5.41 Å². The summed E-state index contributed by atoms with van der Waals surface area (Å²) >= 11 is 0. The molecule has 2 aromatic rings. The van der Waals surface area contributed by atoms with Gasteiger partial charge in [-0.25, -0.2) is 12.8 Å². The van der Waals surface area contributed by atoms with E-state index in [2.05, 4.69) is 0 Å². The highest BCUT2D eigenvalue weighted by Crippen LogP contribution is 2.63. The summed E-state index contributed by atoms with van der Waals surface area (Å²) < 4.78 is 38.8. The second-order valence-corrected chi connectivity index (χ2v) is 7.66. The van der Waals surface area contributed by atoms with Crippen molar-refractivity contribution in [1.29, 1.82) is 5.26 Å². The maximum absolute atomic E-state index is 13.1. The molecule has 3 atom stereocenters. The molecule has 0 aromatic heterocycles. The van der Waals surface area contributed by atoms with E-state index in [9.17, 15) is 28.0 Å². The fraction of sp³-hybridized carbons (Fsp3) is 0.176. The van der Waals surface area contributed by atoms with Crippen LogP contribution in [-0.2, 0) is 14.6 Å². The van der Waals surface area contributed by atoms with Gasteiger partial charge in [-0.2, -0.15) is 5.26 Å². The molecule has 0 aliphatic heterocycles. The van der Waals surface area contributed by atoms with Gasteiger partial charge in [-0.3, -0.25) is 4.79 Å². The first-order valence-electron chi connectivity index (χ1n) is 7.04. The second kappa shape index (κ2) is 5.42. The van der Waals surface area contributed by atoms with Crippen LogP contribution in [0.2, 0.25) is 0 Å². The molecular weight excluding hydrogens is 333 g/mol. The van der Waals surface area contributed by atoms with Crippen LogP contribution >= 0.6 is 0 Å². The Bertz CT molecular complexity index is 935. The Morgan fingerprint density at radius 2 is 1.71 bits per heavy atom. The molecule has 7 heteroatoms. The first-order valence-corrected chi connectivity index (χ1v) is 8.59. The van der Waals surface area contributed by atoms with Crippen LogP contribution in [0.5, 0.6) is 0 Å². The van der Waals surface area contributed by atoms with E-state index >= 15 is 0 Å².